The minimum atomic E-state index is -2.84. The van der Waals surface area contributed by atoms with Gasteiger partial charge in [-0.1, -0.05) is 13.8 Å². The average Bonchev–Trinajstić information content (AvgIpc) is 2.12. The van der Waals surface area contributed by atoms with E-state index in [9.17, 15) is 13.2 Å². The van der Waals surface area contributed by atoms with Gasteiger partial charge >= 0.3 is 0 Å². The van der Waals surface area contributed by atoms with Crippen molar-refractivity contribution in [3.8, 4) is 0 Å². The molecule has 0 aromatic heterocycles. The van der Waals surface area contributed by atoms with E-state index < -0.39 is 9.84 Å². The van der Waals surface area contributed by atoms with E-state index in [1.807, 2.05) is 6.92 Å². The monoisotopic (exact) mass is 206 g/mol. The number of unbranched alkanes of at least 4 members (excludes halogenated alkanes) is 1. The molecule has 0 rings (SSSR count). The molecule has 0 heterocycles. The van der Waals surface area contributed by atoms with Crippen LogP contribution in [0.2, 0.25) is 0 Å². The van der Waals surface area contributed by atoms with Crippen LogP contribution in [-0.2, 0) is 14.6 Å². The molecule has 0 aromatic carbocycles. The number of hydrogen-bond acceptors (Lipinski definition) is 3. The van der Waals surface area contributed by atoms with E-state index in [2.05, 4.69) is 0 Å². The molecule has 0 atom stereocenters. The maximum Gasteiger partial charge on any atom is 0.150 e. The minimum absolute atomic E-state index is 0.203. The molecule has 0 aliphatic carbocycles. The number of ketones is 1. The lowest BCUT2D eigenvalue weighted by Gasteiger charge is -2.00. The Bertz CT molecular complexity index is 242. The standard InChI is InChI=1S/C9H18O3S/c1-3-9(10)7-5-6-8-13(11,12)4-2/h3-8H2,1-2H3. The fraction of sp³-hybridized carbons (Fsp3) is 0.889. The second-order valence-electron chi connectivity index (χ2n) is 3.09. The van der Waals surface area contributed by atoms with Crippen LogP contribution in [0.3, 0.4) is 0 Å². The Kier molecular flexibility index (Phi) is 5.95. The Hall–Kier alpha value is -0.380. The summed E-state index contributed by atoms with van der Waals surface area (Å²) in [6, 6.07) is 0. The molecular weight excluding hydrogens is 188 g/mol. The summed E-state index contributed by atoms with van der Waals surface area (Å²) in [7, 11) is -2.84. The molecule has 13 heavy (non-hydrogen) atoms. The van der Waals surface area contributed by atoms with Crippen LogP contribution in [0.5, 0.6) is 0 Å². The highest BCUT2D eigenvalue weighted by molar-refractivity contribution is 7.91. The van der Waals surface area contributed by atoms with Gasteiger partial charge in [-0.3, -0.25) is 4.79 Å². The second-order valence-corrected chi connectivity index (χ2v) is 5.56. The third kappa shape index (κ3) is 6.75. The zero-order valence-corrected chi connectivity index (χ0v) is 9.19. The highest BCUT2D eigenvalue weighted by Gasteiger charge is 2.06. The highest BCUT2D eigenvalue weighted by Crippen LogP contribution is 2.02. The van der Waals surface area contributed by atoms with E-state index in [4.69, 9.17) is 0 Å². The zero-order chi connectivity index (χ0) is 10.3. The van der Waals surface area contributed by atoms with Crippen molar-refractivity contribution in [2.75, 3.05) is 11.5 Å². The Morgan fingerprint density at radius 3 is 2.23 bits per heavy atom. The Morgan fingerprint density at radius 2 is 1.77 bits per heavy atom. The molecule has 0 saturated carbocycles. The number of sulfone groups is 1. The molecule has 0 aliphatic heterocycles. The predicted octanol–water partition coefficient (Wildman–Crippen LogP) is 1.57. The van der Waals surface area contributed by atoms with Crippen molar-refractivity contribution in [2.45, 2.75) is 39.5 Å². The molecule has 0 unspecified atom stereocenters. The van der Waals surface area contributed by atoms with Crippen LogP contribution in [-0.4, -0.2) is 25.7 Å². The fourth-order valence-corrected chi connectivity index (χ4v) is 1.90. The molecule has 4 heteroatoms. The van der Waals surface area contributed by atoms with Crippen molar-refractivity contribution in [3.05, 3.63) is 0 Å². The van der Waals surface area contributed by atoms with Gasteiger partial charge in [0.1, 0.15) is 15.6 Å². The van der Waals surface area contributed by atoms with Gasteiger partial charge in [-0.25, -0.2) is 8.42 Å². The summed E-state index contributed by atoms with van der Waals surface area (Å²) in [5, 5.41) is 0. The summed E-state index contributed by atoms with van der Waals surface area (Å²) in [6.45, 7) is 3.47. The lowest BCUT2D eigenvalue weighted by Crippen LogP contribution is -2.09. The Labute approximate surface area is 80.4 Å². The molecule has 0 aromatic rings. The number of carbonyl (C=O) groups excluding carboxylic acids is 1. The molecule has 0 fully saturated rings. The summed E-state index contributed by atoms with van der Waals surface area (Å²) in [5.41, 5.74) is 0. The minimum Gasteiger partial charge on any atom is -0.300 e. The first-order chi connectivity index (χ1) is 6.02. The van der Waals surface area contributed by atoms with Crippen molar-refractivity contribution in [3.63, 3.8) is 0 Å². The topological polar surface area (TPSA) is 51.2 Å². The van der Waals surface area contributed by atoms with Crippen molar-refractivity contribution in [1.29, 1.82) is 0 Å². The molecule has 0 saturated heterocycles. The van der Waals surface area contributed by atoms with E-state index in [-0.39, 0.29) is 17.3 Å². The van der Waals surface area contributed by atoms with Crippen molar-refractivity contribution < 1.29 is 13.2 Å². The van der Waals surface area contributed by atoms with E-state index in [0.29, 0.717) is 25.7 Å². The molecular formula is C9H18O3S. The molecule has 0 bridgehead atoms. The predicted molar refractivity (Wildman–Crippen MR) is 53.5 cm³/mol. The SMILES string of the molecule is CCC(=O)CCCCS(=O)(=O)CC. The second kappa shape index (κ2) is 6.13. The Balaban J connectivity index is 3.52. The zero-order valence-electron chi connectivity index (χ0n) is 8.38. The lowest BCUT2D eigenvalue weighted by atomic mass is 10.1. The molecule has 0 aliphatic rings. The maximum atomic E-state index is 11.0. The highest BCUT2D eigenvalue weighted by atomic mass is 32.2. The molecule has 0 amide bonds. The third-order valence-corrected chi connectivity index (χ3v) is 3.79. The molecule has 0 radical (unpaired) electrons. The first kappa shape index (κ1) is 12.6. The van der Waals surface area contributed by atoms with Crippen LogP contribution in [0.4, 0.5) is 0 Å². The summed E-state index contributed by atoms with van der Waals surface area (Å²) >= 11 is 0. The summed E-state index contributed by atoms with van der Waals surface area (Å²) in [4.78, 5) is 10.9. The van der Waals surface area contributed by atoms with Gasteiger partial charge in [-0.05, 0) is 12.8 Å². The number of hydrogen-bond donors (Lipinski definition) is 0. The van der Waals surface area contributed by atoms with Crippen molar-refractivity contribution >= 4 is 15.6 Å². The maximum absolute atomic E-state index is 11.0. The van der Waals surface area contributed by atoms with E-state index in [1.54, 1.807) is 6.92 Å². The van der Waals surface area contributed by atoms with Gasteiger partial charge in [-0.15, -0.1) is 0 Å². The van der Waals surface area contributed by atoms with Gasteiger partial charge in [0.2, 0.25) is 0 Å². The van der Waals surface area contributed by atoms with Gasteiger partial charge < -0.3 is 0 Å². The molecule has 3 nitrogen and oxygen atoms in total. The largest absolute Gasteiger partial charge is 0.300 e. The molecule has 78 valence electrons. The van der Waals surface area contributed by atoms with Gasteiger partial charge in [-0.2, -0.15) is 0 Å². The van der Waals surface area contributed by atoms with E-state index in [1.165, 1.54) is 0 Å². The number of rotatable bonds is 7. The first-order valence-corrected chi connectivity index (χ1v) is 6.56. The Morgan fingerprint density at radius 1 is 1.15 bits per heavy atom. The van der Waals surface area contributed by atoms with E-state index >= 15 is 0 Å². The van der Waals surface area contributed by atoms with Crippen LogP contribution >= 0.6 is 0 Å². The van der Waals surface area contributed by atoms with Gasteiger partial charge in [0.25, 0.3) is 0 Å². The van der Waals surface area contributed by atoms with Crippen LogP contribution < -0.4 is 0 Å². The summed E-state index contributed by atoms with van der Waals surface area (Å²) in [6.07, 6.45) is 2.39. The van der Waals surface area contributed by atoms with Crippen LogP contribution in [0.1, 0.15) is 39.5 Å². The van der Waals surface area contributed by atoms with E-state index in [0.717, 1.165) is 0 Å². The molecule has 0 spiro atoms. The average molecular weight is 206 g/mol. The smallest absolute Gasteiger partial charge is 0.150 e. The first-order valence-electron chi connectivity index (χ1n) is 4.74. The van der Waals surface area contributed by atoms with Gasteiger partial charge in [0.05, 0.1) is 5.75 Å². The quantitative estimate of drug-likeness (QED) is 0.594. The fourth-order valence-electron chi connectivity index (χ4n) is 0.965. The lowest BCUT2D eigenvalue weighted by molar-refractivity contribution is -0.118. The van der Waals surface area contributed by atoms with Crippen LogP contribution in [0, 0.1) is 0 Å². The van der Waals surface area contributed by atoms with Gasteiger partial charge in [0.15, 0.2) is 0 Å². The number of carbonyl (C=O) groups is 1. The molecule has 0 N–H and O–H groups in total. The van der Waals surface area contributed by atoms with Crippen molar-refractivity contribution in [2.24, 2.45) is 0 Å². The van der Waals surface area contributed by atoms with Crippen LogP contribution in [0.25, 0.3) is 0 Å². The summed E-state index contributed by atoms with van der Waals surface area (Å²) < 4.78 is 22.1. The van der Waals surface area contributed by atoms with Gasteiger partial charge in [0, 0.05) is 18.6 Å². The summed E-state index contributed by atoms with van der Waals surface area (Å²) in [5.74, 6) is 0.642. The van der Waals surface area contributed by atoms with Crippen molar-refractivity contribution in [1.82, 2.24) is 0 Å². The van der Waals surface area contributed by atoms with Crippen LogP contribution in [0.15, 0.2) is 0 Å². The third-order valence-electron chi connectivity index (χ3n) is 2.00. The normalized spacial score (nSPS) is 11.5. The number of Topliss-reactive ketones (excluding diaryl/α,β-unsaturated/α-hetero) is 1.